The average Bonchev–Trinajstić information content (AvgIpc) is 2.92. The fourth-order valence-corrected chi connectivity index (χ4v) is 2.75. The third kappa shape index (κ3) is 2.62. The topological polar surface area (TPSA) is 75.7 Å². The number of methoxy groups -OCH3 is 1. The van der Waals surface area contributed by atoms with Gasteiger partial charge in [0, 0.05) is 5.69 Å². The van der Waals surface area contributed by atoms with Gasteiger partial charge in [-0.1, -0.05) is 11.6 Å². The number of aromatic amines is 1. The highest BCUT2D eigenvalue weighted by atomic mass is 35.5. The van der Waals surface area contributed by atoms with E-state index >= 15 is 0 Å². The van der Waals surface area contributed by atoms with E-state index in [4.69, 9.17) is 16.3 Å². The van der Waals surface area contributed by atoms with Gasteiger partial charge in [-0.15, -0.1) is 11.8 Å². The Bertz CT molecular complexity index is 791. The minimum atomic E-state index is 0.532. The normalized spacial score (nSPS) is 10.8. The fourth-order valence-electron chi connectivity index (χ4n) is 1.96. The number of rotatable bonds is 4. The molecule has 0 saturated carbocycles. The van der Waals surface area contributed by atoms with Crippen LogP contribution in [-0.4, -0.2) is 33.5 Å². The number of thioether (sulfide) groups is 1. The number of nitrogens with one attached hydrogen (secondary N) is 2. The Hall–Kier alpha value is -1.99. The van der Waals surface area contributed by atoms with Crippen LogP contribution in [0.1, 0.15) is 0 Å². The van der Waals surface area contributed by atoms with Crippen LogP contribution in [0, 0.1) is 0 Å². The van der Waals surface area contributed by atoms with Crippen LogP contribution in [0.25, 0.3) is 11.0 Å². The molecule has 21 heavy (non-hydrogen) atoms. The van der Waals surface area contributed by atoms with Crippen LogP contribution < -0.4 is 10.1 Å². The Kier molecular flexibility index (Phi) is 3.85. The number of nitrogens with zero attached hydrogens (tertiary/aromatic N) is 3. The first kappa shape index (κ1) is 14.0. The number of halogens is 1. The third-order valence-corrected chi connectivity index (χ3v) is 3.91. The van der Waals surface area contributed by atoms with Crippen molar-refractivity contribution < 1.29 is 4.74 Å². The molecular weight excluding hydrogens is 310 g/mol. The lowest BCUT2D eigenvalue weighted by molar-refractivity contribution is 0.415. The van der Waals surface area contributed by atoms with Crippen LogP contribution in [0.15, 0.2) is 29.6 Å². The predicted molar refractivity (Wildman–Crippen MR) is 84.8 cm³/mol. The standard InChI is InChI=1S/C13H12ClN5OS/c1-20-9-4-3-7(5-8(9)14)17-11-10-12(16-6-15-11)18-19-13(10)21-2/h3-6H,1-2H3,(H2,15,16,17,18,19). The molecule has 0 bridgehead atoms. The van der Waals surface area contributed by atoms with E-state index in [1.165, 1.54) is 18.1 Å². The molecule has 0 spiro atoms. The van der Waals surface area contributed by atoms with Crippen LogP contribution in [0.5, 0.6) is 5.75 Å². The van der Waals surface area contributed by atoms with Crippen molar-refractivity contribution in [2.24, 2.45) is 0 Å². The minimum Gasteiger partial charge on any atom is -0.495 e. The molecule has 6 nitrogen and oxygen atoms in total. The van der Waals surface area contributed by atoms with Crippen LogP contribution in [0.3, 0.4) is 0 Å². The summed E-state index contributed by atoms with van der Waals surface area (Å²) in [5.41, 5.74) is 1.51. The van der Waals surface area contributed by atoms with Gasteiger partial charge in [0.05, 0.1) is 17.5 Å². The first-order chi connectivity index (χ1) is 10.2. The van der Waals surface area contributed by atoms with E-state index in [0.29, 0.717) is 22.2 Å². The summed E-state index contributed by atoms with van der Waals surface area (Å²) < 4.78 is 5.14. The SMILES string of the molecule is COc1ccc(Nc2ncnc3[nH]nc(SC)c23)cc1Cl. The second-order valence-electron chi connectivity index (χ2n) is 4.15. The molecule has 0 aliphatic rings. The Balaban J connectivity index is 2.01. The van der Waals surface area contributed by atoms with E-state index in [1.54, 1.807) is 19.2 Å². The zero-order valence-corrected chi connectivity index (χ0v) is 12.9. The number of hydrogen-bond acceptors (Lipinski definition) is 6. The van der Waals surface area contributed by atoms with Crippen molar-refractivity contribution in [2.75, 3.05) is 18.7 Å². The Morgan fingerprint density at radius 1 is 1.33 bits per heavy atom. The monoisotopic (exact) mass is 321 g/mol. The Morgan fingerprint density at radius 3 is 2.90 bits per heavy atom. The highest BCUT2D eigenvalue weighted by Crippen LogP contribution is 2.32. The molecule has 2 aromatic heterocycles. The van der Waals surface area contributed by atoms with E-state index in [2.05, 4.69) is 25.5 Å². The lowest BCUT2D eigenvalue weighted by Crippen LogP contribution is -1.96. The number of ether oxygens (including phenoxy) is 1. The van der Waals surface area contributed by atoms with Crippen molar-refractivity contribution in [1.82, 2.24) is 20.2 Å². The van der Waals surface area contributed by atoms with Gasteiger partial charge in [0.25, 0.3) is 0 Å². The molecule has 0 amide bonds. The highest BCUT2D eigenvalue weighted by Gasteiger charge is 2.12. The van der Waals surface area contributed by atoms with Crippen LogP contribution in [0.4, 0.5) is 11.5 Å². The van der Waals surface area contributed by atoms with Gasteiger partial charge >= 0.3 is 0 Å². The zero-order chi connectivity index (χ0) is 14.8. The van der Waals surface area contributed by atoms with Gasteiger partial charge in [0.15, 0.2) is 5.65 Å². The second kappa shape index (κ2) is 5.79. The molecule has 0 atom stereocenters. The largest absolute Gasteiger partial charge is 0.495 e. The molecule has 3 rings (SSSR count). The number of H-pyrrole nitrogens is 1. The van der Waals surface area contributed by atoms with Crippen molar-refractivity contribution in [3.8, 4) is 5.75 Å². The summed E-state index contributed by atoms with van der Waals surface area (Å²) in [4.78, 5) is 8.45. The predicted octanol–water partition coefficient (Wildman–Crippen LogP) is 3.48. The molecule has 8 heteroatoms. The van der Waals surface area contributed by atoms with Crippen molar-refractivity contribution in [3.05, 3.63) is 29.5 Å². The lowest BCUT2D eigenvalue weighted by atomic mass is 10.3. The van der Waals surface area contributed by atoms with Crippen LogP contribution in [0.2, 0.25) is 5.02 Å². The van der Waals surface area contributed by atoms with E-state index < -0.39 is 0 Å². The summed E-state index contributed by atoms with van der Waals surface area (Å²) in [6.07, 6.45) is 3.44. The highest BCUT2D eigenvalue weighted by molar-refractivity contribution is 7.98. The molecule has 108 valence electrons. The van der Waals surface area contributed by atoms with Gasteiger partial charge in [-0.05, 0) is 24.5 Å². The smallest absolute Gasteiger partial charge is 0.161 e. The molecule has 0 saturated heterocycles. The molecule has 0 unspecified atom stereocenters. The molecule has 0 aliphatic carbocycles. The Morgan fingerprint density at radius 2 is 2.19 bits per heavy atom. The maximum Gasteiger partial charge on any atom is 0.161 e. The van der Waals surface area contributed by atoms with Crippen molar-refractivity contribution >= 4 is 45.9 Å². The third-order valence-electron chi connectivity index (χ3n) is 2.93. The first-order valence-corrected chi connectivity index (χ1v) is 7.67. The summed E-state index contributed by atoms with van der Waals surface area (Å²) in [5, 5.41) is 12.6. The number of benzene rings is 1. The van der Waals surface area contributed by atoms with Gasteiger partial charge in [-0.25, -0.2) is 9.97 Å². The minimum absolute atomic E-state index is 0.532. The summed E-state index contributed by atoms with van der Waals surface area (Å²) in [5.74, 6) is 1.31. The Labute approximate surface area is 130 Å². The van der Waals surface area contributed by atoms with E-state index in [0.717, 1.165) is 16.1 Å². The first-order valence-electron chi connectivity index (χ1n) is 6.06. The summed E-state index contributed by atoms with van der Waals surface area (Å²) >= 11 is 7.66. The maximum atomic E-state index is 6.13. The average molecular weight is 322 g/mol. The van der Waals surface area contributed by atoms with Crippen molar-refractivity contribution in [3.63, 3.8) is 0 Å². The van der Waals surface area contributed by atoms with Gasteiger partial charge < -0.3 is 10.1 Å². The number of aromatic nitrogens is 4. The molecule has 3 aromatic rings. The molecule has 2 N–H and O–H groups in total. The van der Waals surface area contributed by atoms with Gasteiger partial charge in [-0.3, -0.25) is 5.10 Å². The zero-order valence-electron chi connectivity index (χ0n) is 11.3. The number of anilines is 2. The van der Waals surface area contributed by atoms with E-state index in [1.807, 2.05) is 12.3 Å². The summed E-state index contributed by atoms with van der Waals surface area (Å²) in [6, 6.07) is 5.46. The lowest BCUT2D eigenvalue weighted by Gasteiger charge is -2.09. The quantitative estimate of drug-likeness (QED) is 0.716. The van der Waals surface area contributed by atoms with E-state index in [9.17, 15) is 0 Å². The molecule has 0 fully saturated rings. The molecular formula is C13H12ClN5OS. The second-order valence-corrected chi connectivity index (χ2v) is 5.36. The summed E-state index contributed by atoms with van der Waals surface area (Å²) in [7, 11) is 1.58. The molecule has 0 radical (unpaired) electrons. The summed E-state index contributed by atoms with van der Waals surface area (Å²) in [6.45, 7) is 0. The van der Waals surface area contributed by atoms with Crippen molar-refractivity contribution in [1.29, 1.82) is 0 Å². The van der Waals surface area contributed by atoms with Crippen LogP contribution in [-0.2, 0) is 0 Å². The van der Waals surface area contributed by atoms with Crippen LogP contribution >= 0.6 is 23.4 Å². The number of fused-ring (bicyclic) bond motifs is 1. The van der Waals surface area contributed by atoms with Gasteiger partial charge in [-0.2, -0.15) is 5.10 Å². The molecule has 1 aromatic carbocycles. The number of hydrogen-bond donors (Lipinski definition) is 2. The fraction of sp³-hybridized carbons (Fsp3) is 0.154. The maximum absolute atomic E-state index is 6.13. The molecule has 2 heterocycles. The van der Waals surface area contributed by atoms with E-state index in [-0.39, 0.29) is 0 Å². The molecule has 0 aliphatic heterocycles. The van der Waals surface area contributed by atoms with Gasteiger partial charge in [0.2, 0.25) is 0 Å². The van der Waals surface area contributed by atoms with Crippen molar-refractivity contribution in [2.45, 2.75) is 5.03 Å². The van der Waals surface area contributed by atoms with Gasteiger partial charge in [0.1, 0.15) is 22.9 Å².